The number of allylic oxidation sites excluding steroid dienone is 2. The van der Waals surface area contributed by atoms with Gasteiger partial charge in [0.25, 0.3) is 5.79 Å². The number of hydrogen-bond acceptors (Lipinski definition) is 5. The quantitative estimate of drug-likeness (QED) is 0.219. The van der Waals surface area contributed by atoms with Crippen molar-refractivity contribution in [3.63, 3.8) is 0 Å². The second-order valence-corrected chi connectivity index (χ2v) is 15.7. The van der Waals surface area contributed by atoms with Crippen molar-refractivity contribution in [2.75, 3.05) is 0 Å². The number of carbonyl (C=O) groups is 3. The van der Waals surface area contributed by atoms with Crippen LogP contribution < -0.4 is 0 Å². The van der Waals surface area contributed by atoms with Crippen LogP contribution in [0.1, 0.15) is 120 Å². The highest BCUT2D eigenvalue weighted by Gasteiger charge is 2.76. The molecule has 0 amide bonds. The first-order valence-electron chi connectivity index (χ1n) is 15.7. The summed E-state index contributed by atoms with van der Waals surface area (Å²) < 4.78 is 12.3. The van der Waals surface area contributed by atoms with E-state index in [1.54, 1.807) is 5.57 Å². The first-order valence-corrected chi connectivity index (χ1v) is 15.7. The summed E-state index contributed by atoms with van der Waals surface area (Å²) in [5.41, 5.74) is -0.152. The molecule has 40 heavy (non-hydrogen) atoms. The van der Waals surface area contributed by atoms with Gasteiger partial charge in [-0.1, -0.05) is 53.2 Å². The SMILES string of the molecule is CC(=O)OC1(OC(C)=O)CC[C@](C)(C(=O)O)[C@@H]2CC[C@]3(C)[C@H](CC=C4[C@@H]5[C@@H](C)[C@H](C)CC[C@]5(C)CC[C@]43C)[C@]21C. The third-order valence-corrected chi connectivity index (χ3v) is 14.2. The van der Waals surface area contributed by atoms with Crippen molar-refractivity contribution in [3.05, 3.63) is 11.6 Å². The predicted molar refractivity (Wildman–Crippen MR) is 153 cm³/mol. The van der Waals surface area contributed by atoms with E-state index >= 15 is 0 Å². The minimum Gasteiger partial charge on any atom is -0.481 e. The molecule has 0 aromatic rings. The summed E-state index contributed by atoms with van der Waals surface area (Å²) in [6.07, 6.45) is 10.2. The zero-order valence-electron chi connectivity index (χ0n) is 26.3. The van der Waals surface area contributed by atoms with E-state index in [4.69, 9.17) is 9.47 Å². The van der Waals surface area contributed by atoms with Crippen LogP contribution in [-0.2, 0) is 23.9 Å². The Morgan fingerprint density at radius 2 is 1.45 bits per heavy atom. The lowest BCUT2D eigenvalue weighted by Gasteiger charge is -2.72. The van der Waals surface area contributed by atoms with Gasteiger partial charge in [0.1, 0.15) is 0 Å². The standard InChI is InChI=1S/C34H52O6/c1-20-12-14-29(5)16-18-31(7)24(27(29)21(20)2)10-11-26-32(31,8)15-13-25-30(6,28(37)38)17-19-34(33(25,26)9,39-22(3)35)40-23(4)36/h10,20-21,25-27H,11-19H2,1-9H3,(H,37,38)/t20-,21+,25+,26+,27+,29-,30+,31-,32-,33+/m1/s1. The Kier molecular flexibility index (Phi) is 6.72. The van der Waals surface area contributed by atoms with E-state index < -0.39 is 34.5 Å². The molecule has 5 aliphatic rings. The predicted octanol–water partition coefficient (Wildman–Crippen LogP) is 7.55. The van der Waals surface area contributed by atoms with Crippen LogP contribution in [-0.4, -0.2) is 28.8 Å². The Morgan fingerprint density at radius 3 is 2.02 bits per heavy atom. The molecule has 4 saturated carbocycles. The number of aliphatic carboxylic acids is 1. The normalized spacial score (nSPS) is 49.2. The van der Waals surface area contributed by atoms with Gasteiger partial charge in [0, 0.05) is 20.3 Å². The van der Waals surface area contributed by atoms with Crippen LogP contribution in [0.15, 0.2) is 11.6 Å². The van der Waals surface area contributed by atoms with E-state index in [0.717, 1.165) is 19.3 Å². The lowest BCUT2D eigenvalue weighted by Crippen LogP contribution is -2.72. The molecule has 0 heterocycles. The summed E-state index contributed by atoms with van der Waals surface area (Å²) in [4.78, 5) is 38.2. The smallest absolute Gasteiger partial charge is 0.309 e. The highest BCUT2D eigenvalue weighted by Crippen LogP contribution is 2.77. The Bertz CT molecular complexity index is 1130. The van der Waals surface area contributed by atoms with Crippen molar-refractivity contribution in [3.8, 4) is 0 Å². The van der Waals surface area contributed by atoms with Crippen LogP contribution in [0.25, 0.3) is 0 Å². The van der Waals surface area contributed by atoms with Gasteiger partial charge < -0.3 is 14.6 Å². The number of carboxylic acids is 1. The average Bonchev–Trinajstić information content (AvgIpc) is 2.84. The van der Waals surface area contributed by atoms with E-state index in [9.17, 15) is 19.5 Å². The number of esters is 2. The van der Waals surface area contributed by atoms with Crippen LogP contribution in [0.4, 0.5) is 0 Å². The molecule has 0 aromatic carbocycles. The molecule has 0 bridgehead atoms. The molecule has 6 heteroatoms. The summed E-state index contributed by atoms with van der Waals surface area (Å²) in [5.74, 6) is -1.76. The molecule has 1 N–H and O–H groups in total. The zero-order valence-corrected chi connectivity index (χ0v) is 26.3. The number of fused-ring (bicyclic) bond motifs is 7. The van der Waals surface area contributed by atoms with Gasteiger partial charge in [0.05, 0.1) is 10.8 Å². The Labute approximate surface area is 241 Å². The van der Waals surface area contributed by atoms with Crippen molar-refractivity contribution in [2.24, 2.45) is 56.7 Å². The van der Waals surface area contributed by atoms with E-state index in [1.807, 2.05) is 6.92 Å². The molecular formula is C34H52O6. The summed E-state index contributed by atoms with van der Waals surface area (Å²) in [6, 6.07) is 0. The molecule has 0 aromatic heterocycles. The topological polar surface area (TPSA) is 89.9 Å². The maximum absolute atomic E-state index is 12.9. The third-order valence-electron chi connectivity index (χ3n) is 14.2. The van der Waals surface area contributed by atoms with E-state index in [0.29, 0.717) is 36.0 Å². The van der Waals surface area contributed by atoms with Crippen molar-refractivity contribution in [1.82, 2.24) is 0 Å². The van der Waals surface area contributed by atoms with Gasteiger partial charge in [0.2, 0.25) is 0 Å². The fourth-order valence-corrected chi connectivity index (χ4v) is 11.5. The lowest BCUT2D eigenvalue weighted by molar-refractivity contribution is -0.344. The van der Waals surface area contributed by atoms with Gasteiger partial charge in [0.15, 0.2) is 0 Å². The minimum absolute atomic E-state index is 0.00847. The van der Waals surface area contributed by atoms with Gasteiger partial charge >= 0.3 is 17.9 Å². The number of carbonyl (C=O) groups excluding carboxylic acids is 2. The Hall–Kier alpha value is -1.85. The van der Waals surface area contributed by atoms with Gasteiger partial charge in [-0.3, -0.25) is 14.4 Å². The minimum atomic E-state index is -1.49. The van der Waals surface area contributed by atoms with Crippen molar-refractivity contribution in [2.45, 2.75) is 126 Å². The van der Waals surface area contributed by atoms with Gasteiger partial charge in [-0.2, -0.15) is 0 Å². The van der Waals surface area contributed by atoms with Crippen LogP contribution in [0.3, 0.4) is 0 Å². The van der Waals surface area contributed by atoms with Crippen molar-refractivity contribution >= 4 is 17.9 Å². The van der Waals surface area contributed by atoms with Gasteiger partial charge in [-0.25, -0.2) is 0 Å². The molecule has 224 valence electrons. The number of carboxylic acid groups (broad SMARTS) is 1. The highest BCUT2D eigenvalue weighted by atomic mass is 16.7. The number of ether oxygens (including phenoxy) is 2. The summed E-state index contributed by atoms with van der Waals surface area (Å²) in [6.45, 7) is 19.0. The molecule has 5 rings (SSSR count). The summed E-state index contributed by atoms with van der Waals surface area (Å²) >= 11 is 0. The van der Waals surface area contributed by atoms with E-state index in [1.165, 1.54) is 33.1 Å². The zero-order chi connectivity index (χ0) is 29.7. The first kappa shape index (κ1) is 29.6. The highest BCUT2D eigenvalue weighted by molar-refractivity contribution is 5.75. The second kappa shape index (κ2) is 9.07. The summed E-state index contributed by atoms with van der Waals surface area (Å²) in [5, 5.41) is 10.6. The van der Waals surface area contributed by atoms with Crippen molar-refractivity contribution in [1.29, 1.82) is 0 Å². The molecule has 0 spiro atoms. The molecule has 0 radical (unpaired) electrons. The molecule has 0 aliphatic heterocycles. The average molecular weight is 557 g/mol. The largest absolute Gasteiger partial charge is 0.481 e. The van der Waals surface area contributed by atoms with Gasteiger partial charge in [-0.15, -0.1) is 0 Å². The van der Waals surface area contributed by atoms with Crippen LogP contribution in [0.5, 0.6) is 0 Å². The Balaban J connectivity index is 1.71. The van der Waals surface area contributed by atoms with Crippen LogP contribution >= 0.6 is 0 Å². The lowest BCUT2D eigenvalue weighted by atomic mass is 9.32. The van der Waals surface area contributed by atoms with E-state index in [-0.39, 0.29) is 29.1 Å². The fourth-order valence-electron chi connectivity index (χ4n) is 11.5. The second-order valence-electron chi connectivity index (χ2n) is 15.7. The van der Waals surface area contributed by atoms with Crippen LogP contribution in [0, 0.1) is 56.7 Å². The molecule has 5 aliphatic carbocycles. The molecule has 4 fully saturated rings. The van der Waals surface area contributed by atoms with Crippen molar-refractivity contribution < 1.29 is 29.0 Å². The molecule has 0 saturated heterocycles. The van der Waals surface area contributed by atoms with Crippen LogP contribution in [0.2, 0.25) is 0 Å². The molecule has 6 nitrogen and oxygen atoms in total. The molecule has 0 unspecified atom stereocenters. The van der Waals surface area contributed by atoms with Gasteiger partial charge in [-0.05, 0) is 104 Å². The maximum Gasteiger partial charge on any atom is 0.309 e. The Morgan fingerprint density at radius 1 is 0.825 bits per heavy atom. The van der Waals surface area contributed by atoms with E-state index in [2.05, 4.69) is 47.6 Å². The maximum atomic E-state index is 12.9. The summed E-state index contributed by atoms with van der Waals surface area (Å²) in [7, 11) is 0. The molecule has 10 atom stereocenters. The molecular weight excluding hydrogens is 504 g/mol. The number of rotatable bonds is 3. The fraction of sp³-hybridized carbons (Fsp3) is 0.853. The number of hydrogen-bond donors (Lipinski definition) is 1. The monoisotopic (exact) mass is 556 g/mol. The third kappa shape index (κ3) is 3.62. The first-order chi connectivity index (χ1) is 18.4.